The molecule has 1 rings (SSSR count). The number of hydrogen-bond donors (Lipinski definition) is 1. The van der Waals surface area contributed by atoms with Crippen LogP contribution in [0.2, 0.25) is 0 Å². The number of carbonyl (C=O) groups excluding carboxylic acids is 1. The summed E-state index contributed by atoms with van der Waals surface area (Å²) in [6, 6.07) is -0.162. The molecule has 0 amide bonds. The molecular formula is C13H25NO2. The summed E-state index contributed by atoms with van der Waals surface area (Å²) >= 11 is 0. The summed E-state index contributed by atoms with van der Waals surface area (Å²) in [6.07, 6.45) is 4.64. The van der Waals surface area contributed by atoms with Gasteiger partial charge in [-0.15, -0.1) is 0 Å². The maximum absolute atomic E-state index is 11.9. The van der Waals surface area contributed by atoms with E-state index in [9.17, 15) is 4.79 Å². The molecule has 1 aliphatic rings. The Morgan fingerprint density at radius 2 is 2.00 bits per heavy atom. The van der Waals surface area contributed by atoms with E-state index in [1.807, 2.05) is 27.8 Å². The molecule has 3 nitrogen and oxygen atoms in total. The van der Waals surface area contributed by atoms with Crippen LogP contribution < -0.4 is 5.32 Å². The van der Waals surface area contributed by atoms with Crippen LogP contribution in [0.5, 0.6) is 0 Å². The average Bonchev–Trinajstić information content (AvgIpc) is 2.08. The van der Waals surface area contributed by atoms with Crippen LogP contribution >= 0.6 is 0 Å². The van der Waals surface area contributed by atoms with E-state index in [1.54, 1.807) is 0 Å². The number of ether oxygens (including phenoxy) is 1. The lowest BCUT2D eigenvalue weighted by Crippen LogP contribution is -2.44. The summed E-state index contributed by atoms with van der Waals surface area (Å²) < 4.78 is 5.40. The minimum Gasteiger partial charge on any atom is -0.459 e. The van der Waals surface area contributed by atoms with Gasteiger partial charge < -0.3 is 10.1 Å². The Morgan fingerprint density at radius 3 is 2.31 bits per heavy atom. The van der Waals surface area contributed by atoms with Gasteiger partial charge >= 0.3 is 5.97 Å². The topological polar surface area (TPSA) is 38.3 Å². The zero-order chi connectivity index (χ0) is 12.4. The first-order valence-electron chi connectivity index (χ1n) is 6.16. The fourth-order valence-corrected chi connectivity index (χ4v) is 2.15. The second-order valence-electron chi connectivity index (χ2n) is 6.24. The molecule has 1 fully saturated rings. The highest BCUT2D eigenvalue weighted by Crippen LogP contribution is 2.44. The number of rotatable bonds is 4. The summed E-state index contributed by atoms with van der Waals surface area (Å²) in [7, 11) is 1.83. The smallest absolute Gasteiger partial charge is 0.323 e. The van der Waals surface area contributed by atoms with Crippen molar-refractivity contribution in [2.45, 2.75) is 65.0 Å². The zero-order valence-electron chi connectivity index (χ0n) is 11.2. The van der Waals surface area contributed by atoms with E-state index in [1.165, 1.54) is 19.3 Å². The third kappa shape index (κ3) is 3.78. The van der Waals surface area contributed by atoms with Crippen LogP contribution in [0.3, 0.4) is 0 Å². The maximum Gasteiger partial charge on any atom is 0.323 e. The van der Waals surface area contributed by atoms with Gasteiger partial charge in [0.05, 0.1) is 0 Å². The largest absolute Gasteiger partial charge is 0.459 e. The molecular weight excluding hydrogens is 202 g/mol. The quantitative estimate of drug-likeness (QED) is 0.750. The lowest BCUT2D eigenvalue weighted by molar-refractivity contribution is -0.158. The minimum absolute atomic E-state index is 0.122. The molecule has 0 radical (unpaired) electrons. The molecule has 0 aromatic rings. The van der Waals surface area contributed by atoms with Crippen molar-refractivity contribution in [3.63, 3.8) is 0 Å². The Labute approximate surface area is 98.9 Å². The molecule has 1 unspecified atom stereocenters. The third-order valence-electron chi connectivity index (χ3n) is 3.30. The van der Waals surface area contributed by atoms with Gasteiger partial charge in [-0.2, -0.15) is 0 Å². The predicted octanol–water partition coefficient (Wildman–Crippen LogP) is 2.50. The first-order chi connectivity index (χ1) is 7.26. The molecule has 0 aromatic carbocycles. The van der Waals surface area contributed by atoms with Crippen molar-refractivity contribution in [3.8, 4) is 0 Å². The van der Waals surface area contributed by atoms with Gasteiger partial charge in [-0.3, -0.25) is 4.79 Å². The molecule has 1 saturated carbocycles. The molecule has 94 valence electrons. The van der Waals surface area contributed by atoms with Gasteiger partial charge in [0.1, 0.15) is 11.6 Å². The van der Waals surface area contributed by atoms with E-state index < -0.39 is 5.60 Å². The van der Waals surface area contributed by atoms with Crippen LogP contribution in [0.1, 0.15) is 53.4 Å². The van der Waals surface area contributed by atoms with Gasteiger partial charge in [0, 0.05) is 0 Å². The van der Waals surface area contributed by atoms with Gasteiger partial charge in [0.15, 0.2) is 0 Å². The summed E-state index contributed by atoms with van der Waals surface area (Å²) in [6.45, 7) is 7.97. The number of nitrogens with one attached hydrogen (secondary N) is 1. The Kier molecular flexibility index (Phi) is 4.00. The van der Waals surface area contributed by atoms with E-state index in [-0.39, 0.29) is 12.0 Å². The van der Waals surface area contributed by atoms with Crippen LogP contribution in [0, 0.1) is 5.41 Å². The van der Waals surface area contributed by atoms with E-state index in [4.69, 9.17) is 4.74 Å². The molecule has 0 aliphatic heterocycles. The van der Waals surface area contributed by atoms with Crippen LogP contribution in [0.15, 0.2) is 0 Å². The summed E-state index contributed by atoms with van der Waals surface area (Å²) in [4.78, 5) is 11.9. The van der Waals surface area contributed by atoms with Crippen molar-refractivity contribution in [3.05, 3.63) is 0 Å². The Hall–Kier alpha value is -0.570. The van der Waals surface area contributed by atoms with E-state index in [0.717, 1.165) is 6.42 Å². The third-order valence-corrected chi connectivity index (χ3v) is 3.30. The highest BCUT2D eigenvalue weighted by Gasteiger charge is 2.37. The Morgan fingerprint density at radius 1 is 1.44 bits per heavy atom. The fraction of sp³-hybridized carbons (Fsp3) is 0.923. The molecule has 0 heterocycles. The first-order valence-corrected chi connectivity index (χ1v) is 6.16. The number of esters is 1. The van der Waals surface area contributed by atoms with Crippen molar-refractivity contribution < 1.29 is 9.53 Å². The predicted molar refractivity (Wildman–Crippen MR) is 65.3 cm³/mol. The molecule has 16 heavy (non-hydrogen) atoms. The molecule has 3 heteroatoms. The Bertz CT molecular complexity index is 251. The number of hydrogen-bond acceptors (Lipinski definition) is 3. The molecule has 0 spiro atoms. The first kappa shape index (κ1) is 13.5. The zero-order valence-corrected chi connectivity index (χ0v) is 11.2. The van der Waals surface area contributed by atoms with Crippen LogP contribution in [0.25, 0.3) is 0 Å². The monoisotopic (exact) mass is 227 g/mol. The average molecular weight is 227 g/mol. The highest BCUT2D eigenvalue weighted by molar-refractivity contribution is 5.76. The summed E-state index contributed by atoms with van der Waals surface area (Å²) in [5, 5.41) is 3.07. The van der Waals surface area contributed by atoms with Crippen molar-refractivity contribution in [1.29, 1.82) is 0 Å². The van der Waals surface area contributed by atoms with Crippen molar-refractivity contribution in [2.24, 2.45) is 5.41 Å². The lowest BCUT2D eigenvalue weighted by atomic mass is 9.67. The van der Waals surface area contributed by atoms with Crippen LogP contribution in [-0.2, 0) is 9.53 Å². The molecule has 1 atom stereocenters. The van der Waals surface area contributed by atoms with Gasteiger partial charge in [-0.1, -0.05) is 13.3 Å². The molecule has 0 bridgehead atoms. The SMILES string of the molecule is CNC(CC1(C)CCC1)C(=O)OC(C)(C)C. The molecule has 0 saturated heterocycles. The summed E-state index contributed by atoms with van der Waals surface area (Å²) in [5.74, 6) is -0.122. The van der Waals surface area contributed by atoms with Gasteiger partial charge in [0.25, 0.3) is 0 Å². The van der Waals surface area contributed by atoms with Crippen molar-refractivity contribution in [2.75, 3.05) is 7.05 Å². The molecule has 1 aliphatic carbocycles. The number of carbonyl (C=O) groups is 1. The van der Waals surface area contributed by atoms with Gasteiger partial charge in [0.2, 0.25) is 0 Å². The van der Waals surface area contributed by atoms with E-state index in [0.29, 0.717) is 5.41 Å². The minimum atomic E-state index is -0.396. The van der Waals surface area contributed by atoms with E-state index in [2.05, 4.69) is 12.2 Å². The van der Waals surface area contributed by atoms with Gasteiger partial charge in [-0.25, -0.2) is 0 Å². The summed E-state index contributed by atoms with van der Waals surface area (Å²) in [5.41, 5.74) is -0.0583. The fourth-order valence-electron chi connectivity index (χ4n) is 2.15. The maximum atomic E-state index is 11.9. The molecule has 1 N–H and O–H groups in total. The van der Waals surface area contributed by atoms with Gasteiger partial charge in [-0.05, 0) is 52.5 Å². The van der Waals surface area contributed by atoms with Crippen molar-refractivity contribution in [1.82, 2.24) is 5.32 Å². The van der Waals surface area contributed by atoms with E-state index >= 15 is 0 Å². The normalized spacial score (nSPS) is 21.1. The standard InChI is InChI=1S/C13H25NO2/c1-12(2,3)16-11(15)10(14-5)9-13(4)7-6-8-13/h10,14H,6-9H2,1-5H3. The van der Waals surface area contributed by atoms with Crippen LogP contribution in [-0.4, -0.2) is 24.7 Å². The Balaban J connectivity index is 2.50. The van der Waals surface area contributed by atoms with Crippen molar-refractivity contribution >= 4 is 5.97 Å². The second kappa shape index (κ2) is 4.74. The highest BCUT2D eigenvalue weighted by atomic mass is 16.6. The number of likely N-dealkylation sites (N-methyl/N-ethyl adjacent to an activating group) is 1. The van der Waals surface area contributed by atoms with Crippen LogP contribution in [0.4, 0.5) is 0 Å². The second-order valence-corrected chi connectivity index (χ2v) is 6.24. The molecule has 0 aromatic heterocycles. The lowest BCUT2D eigenvalue weighted by Gasteiger charge is -2.40.